The lowest BCUT2D eigenvalue weighted by Gasteiger charge is -2.12. The summed E-state index contributed by atoms with van der Waals surface area (Å²) in [7, 11) is 0. The third kappa shape index (κ3) is 7.34. The van der Waals surface area contributed by atoms with E-state index in [-0.39, 0.29) is 29.8 Å². The van der Waals surface area contributed by atoms with Crippen molar-refractivity contribution in [3.8, 4) is 16.9 Å². The molecule has 4 aromatic rings. The number of hydrogen-bond acceptors (Lipinski definition) is 1. The molecule has 4 aromatic carbocycles. The molecular weight excluding hydrogens is 533 g/mol. The van der Waals surface area contributed by atoms with E-state index >= 15 is 4.39 Å². The Hall–Kier alpha value is -3.55. The smallest absolute Gasteiger partial charge is 0.399 e. The highest BCUT2D eigenvalue weighted by Crippen LogP contribution is 2.32. The molecule has 0 heterocycles. The summed E-state index contributed by atoms with van der Waals surface area (Å²) in [6.07, 6.45) is 1.30. The summed E-state index contributed by atoms with van der Waals surface area (Å²) in [5, 5.41) is 0.862. The van der Waals surface area contributed by atoms with Crippen molar-refractivity contribution in [1.29, 1.82) is 0 Å². The Kier molecular flexibility index (Phi) is 9.38. The average Bonchev–Trinajstić information content (AvgIpc) is 2.90. The molecule has 0 bridgehead atoms. The molecule has 0 aliphatic carbocycles. The minimum Gasteiger partial charge on any atom is -0.399 e. The third-order valence-electron chi connectivity index (χ3n) is 6.91. The number of alkyl halides is 3. The Balaban J connectivity index is 1.47. The topological polar surface area (TPSA) is 9.23 Å². The van der Waals surface area contributed by atoms with Crippen LogP contribution in [0, 0.1) is 23.3 Å². The van der Waals surface area contributed by atoms with Crippen LogP contribution in [-0.2, 0) is 19.3 Å². The van der Waals surface area contributed by atoms with E-state index in [0.29, 0.717) is 21.9 Å². The van der Waals surface area contributed by atoms with Gasteiger partial charge in [0.05, 0.1) is 0 Å². The molecule has 0 aromatic heterocycles. The van der Waals surface area contributed by atoms with Crippen LogP contribution in [0.4, 0.5) is 30.7 Å². The Morgan fingerprint density at radius 3 is 2.02 bits per heavy atom. The highest BCUT2D eigenvalue weighted by Gasteiger charge is 2.34. The molecule has 0 amide bonds. The molecule has 0 radical (unpaired) electrons. The molecule has 1 nitrogen and oxygen atoms in total. The lowest BCUT2D eigenvalue weighted by Crippen LogP contribution is -2.19. The van der Waals surface area contributed by atoms with E-state index in [1.54, 1.807) is 36.4 Å². The van der Waals surface area contributed by atoms with E-state index in [2.05, 4.69) is 11.7 Å². The summed E-state index contributed by atoms with van der Waals surface area (Å²) < 4.78 is 98.7. The molecule has 0 N–H and O–H groups in total. The fourth-order valence-corrected chi connectivity index (χ4v) is 4.83. The number of benzene rings is 4. The van der Waals surface area contributed by atoms with Crippen LogP contribution in [0.5, 0.6) is 5.75 Å². The predicted octanol–water partition coefficient (Wildman–Crippen LogP) is 10.3. The van der Waals surface area contributed by atoms with E-state index in [9.17, 15) is 26.3 Å². The molecule has 4 rings (SSSR count). The minimum atomic E-state index is -5.24. The predicted molar refractivity (Wildman–Crippen MR) is 142 cm³/mol. The number of hydrogen-bond donors (Lipinski definition) is 0. The number of unbranched alkanes of at least 4 members (excludes halogenated alkanes) is 4. The van der Waals surface area contributed by atoms with Gasteiger partial charge >= 0.3 is 6.36 Å². The van der Waals surface area contributed by atoms with Gasteiger partial charge in [-0.3, -0.25) is 0 Å². The molecule has 0 spiro atoms. The highest BCUT2D eigenvalue weighted by molar-refractivity contribution is 5.88. The van der Waals surface area contributed by atoms with Crippen molar-refractivity contribution >= 4 is 10.8 Å². The highest BCUT2D eigenvalue weighted by atomic mass is 19.4. The van der Waals surface area contributed by atoms with Gasteiger partial charge in [0.2, 0.25) is 5.75 Å². The van der Waals surface area contributed by atoms with Crippen LogP contribution in [0.15, 0.2) is 60.7 Å². The largest absolute Gasteiger partial charge is 0.573 e. The standard InChI is InChI=1S/C32H29F7O/c1-2-3-4-5-6-7-20-9-14-25(27(33)16-20)23-13-15-26-24(19-23)12-11-22(30(26)36)10-8-21-17-28(34)31(29(35)18-21)40-32(37,38)39/h9,11-19H,2-8,10H2,1H3. The van der Waals surface area contributed by atoms with Gasteiger partial charge in [-0.05, 0) is 77.6 Å². The van der Waals surface area contributed by atoms with E-state index in [4.69, 9.17) is 0 Å². The number of rotatable bonds is 11. The van der Waals surface area contributed by atoms with Crippen LogP contribution >= 0.6 is 0 Å². The van der Waals surface area contributed by atoms with Crippen molar-refractivity contribution in [2.24, 2.45) is 0 Å². The first-order chi connectivity index (χ1) is 19.1. The van der Waals surface area contributed by atoms with Gasteiger partial charge in [0.25, 0.3) is 0 Å². The van der Waals surface area contributed by atoms with Crippen LogP contribution in [0.1, 0.15) is 55.7 Å². The molecule has 40 heavy (non-hydrogen) atoms. The van der Waals surface area contributed by atoms with Crippen molar-refractivity contribution < 1.29 is 35.5 Å². The molecule has 0 unspecified atom stereocenters. The minimum absolute atomic E-state index is 0.0171. The van der Waals surface area contributed by atoms with Gasteiger partial charge in [-0.15, -0.1) is 13.2 Å². The molecule has 0 atom stereocenters. The zero-order valence-corrected chi connectivity index (χ0v) is 22.0. The maximum atomic E-state index is 15.3. The molecule has 0 aliphatic rings. The summed E-state index contributed by atoms with van der Waals surface area (Å²) in [4.78, 5) is 0. The van der Waals surface area contributed by atoms with E-state index in [1.807, 2.05) is 6.07 Å². The van der Waals surface area contributed by atoms with Crippen molar-refractivity contribution in [3.05, 3.63) is 101 Å². The van der Waals surface area contributed by atoms with Gasteiger partial charge in [-0.1, -0.05) is 69.0 Å². The third-order valence-corrected chi connectivity index (χ3v) is 6.91. The lowest BCUT2D eigenvalue weighted by atomic mass is 9.96. The normalized spacial score (nSPS) is 11.8. The summed E-state index contributed by atoms with van der Waals surface area (Å²) in [6.45, 7) is 2.16. The fraction of sp³-hybridized carbons (Fsp3) is 0.312. The van der Waals surface area contributed by atoms with Gasteiger partial charge < -0.3 is 4.74 Å². The molecule has 0 saturated carbocycles. The lowest BCUT2D eigenvalue weighted by molar-refractivity contribution is -0.276. The van der Waals surface area contributed by atoms with Crippen LogP contribution in [0.3, 0.4) is 0 Å². The second-order valence-corrected chi connectivity index (χ2v) is 9.89. The molecule has 0 aliphatic heterocycles. The van der Waals surface area contributed by atoms with Gasteiger partial charge in [0.15, 0.2) is 11.6 Å². The fourth-order valence-electron chi connectivity index (χ4n) is 4.83. The maximum absolute atomic E-state index is 15.3. The Bertz CT molecular complexity index is 1450. The van der Waals surface area contributed by atoms with E-state index in [0.717, 1.165) is 37.0 Å². The Morgan fingerprint density at radius 2 is 1.35 bits per heavy atom. The summed E-state index contributed by atoms with van der Waals surface area (Å²) in [5.41, 5.74) is 2.30. The molecule has 0 fully saturated rings. The number of fused-ring (bicyclic) bond motifs is 1. The monoisotopic (exact) mass is 562 g/mol. The zero-order valence-electron chi connectivity index (χ0n) is 22.0. The zero-order chi connectivity index (χ0) is 28.9. The number of halogens is 7. The van der Waals surface area contributed by atoms with Crippen LogP contribution in [0.2, 0.25) is 0 Å². The van der Waals surface area contributed by atoms with Crippen LogP contribution in [-0.4, -0.2) is 6.36 Å². The van der Waals surface area contributed by atoms with Gasteiger partial charge in [0.1, 0.15) is 11.6 Å². The number of aryl methyl sites for hydroxylation is 3. The molecule has 212 valence electrons. The Morgan fingerprint density at radius 1 is 0.650 bits per heavy atom. The van der Waals surface area contributed by atoms with Crippen LogP contribution in [0.25, 0.3) is 21.9 Å². The van der Waals surface area contributed by atoms with Crippen molar-refractivity contribution in [2.75, 3.05) is 0 Å². The first-order valence-corrected chi connectivity index (χ1v) is 13.3. The maximum Gasteiger partial charge on any atom is 0.573 e. The van der Waals surface area contributed by atoms with Gasteiger partial charge in [-0.2, -0.15) is 0 Å². The first-order valence-electron chi connectivity index (χ1n) is 13.3. The SMILES string of the molecule is CCCCCCCc1ccc(-c2ccc3c(F)c(CCc4cc(F)c(OC(F)(F)F)c(F)c4)ccc3c2)c(F)c1. The summed E-state index contributed by atoms with van der Waals surface area (Å²) >= 11 is 0. The molecular formula is C32H29F7O. The Labute approximate surface area is 228 Å². The van der Waals surface area contributed by atoms with E-state index in [1.165, 1.54) is 25.3 Å². The number of ether oxygens (including phenoxy) is 1. The second kappa shape index (κ2) is 12.7. The first kappa shape index (κ1) is 29.4. The van der Waals surface area contributed by atoms with Crippen molar-refractivity contribution in [1.82, 2.24) is 0 Å². The summed E-state index contributed by atoms with van der Waals surface area (Å²) in [5.74, 6) is -5.39. The van der Waals surface area contributed by atoms with Gasteiger partial charge in [0, 0.05) is 10.9 Å². The molecule has 0 saturated heterocycles. The van der Waals surface area contributed by atoms with E-state index < -0.39 is 29.6 Å². The van der Waals surface area contributed by atoms with Crippen molar-refractivity contribution in [3.63, 3.8) is 0 Å². The second-order valence-electron chi connectivity index (χ2n) is 9.89. The summed E-state index contributed by atoms with van der Waals surface area (Å²) in [6, 6.07) is 14.8. The molecule has 8 heteroatoms. The van der Waals surface area contributed by atoms with Crippen molar-refractivity contribution in [2.45, 2.75) is 64.7 Å². The van der Waals surface area contributed by atoms with Gasteiger partial charge in [-0.25, -0.2) is 17.6 Å². The quantitative estimate of drug-likeness (QED) is 0.131. The van der Waals surface area contributed by atoms with Crippen LogP contribution < -0.4 is 4.74 Å². The average molecular weight is 563 g/mol.